The lowest BCUT2D eigenvalue weighted by Crippen LogP contribution is -1.96. The number of hydrogen-bond donors (Lipinski definition) is 1. The summed E-state index contributed by atoms with van der Waals surface area (Å²) >= 11 is 9.42. The van der Waals surface area contributed by atoms with Crippen LogP contribution in [0.5, 0.6) is 0 Å². The van der Waals surface area contributed by atoms with Gasteiger partial charge in [0, 0.05) is 10.8 Å². The number of aromatic carboxylic acids is 1. The van der Waals surface area contributed by atoms with E-state index in [9.17, 15) is 4.79 Å². The number of thiophene rings is 1. The van der Waals surface area contributed by atoms with Crippen molar-refractivity contribution < 1.29 is 9.90 Å². The first-order valence-corrected chi connectivity index (χ1v) is 7.09. The molecule has 0 aliphatic carbocycles. The van der Waals surface area contributed by atoms with Gasteiger partial charge in [-0.25, -0.2) is 4.79 Å². The van der Waals surface area contributed by atoms with Crippen molar-refractivity contribution in [1.29, 1.82) is 0 Å². The predicted octanol–water partition coefficient (Wildman–Crippen LogP) is 4.39. The van der Waals surface area contributed by atoms with Crippen LogP contribution in [-0.4, -0.2) is 11.1 Å². The van der Waals surface area contributed by atoms with Crippen LogP contribution in [0.1, 0.15) is 15.9 Å². The smallest absolute Gasteiger partial charge is 0.335 e. The van der Waals surface area contributed by atoms with Gasteiger partial charge in [-0.2, -0.15) is 0 Å². The maximum absolute atomic E-state index is 10.7. The molecule has 1 heterocycles. The molecule has 0 aliphatic rings. The van der Waals surface area contributed by atoms with Gasteiger partial charge in [-0.1, -0.05) is 23.7 Å². The molecule has 0 spiro atoms. The van der Waals surface area contributed by atoms with Crippen LogP contribution in [-0.2, 0) is 5.75 Å². The minimum atomic E-state index is -0.954. The summed E-state index contributed by atoms with van der Waals surface area (Å²) in [6.45, 7) is 0. The van der Waals surface area contributed by atoms with Gasteiger partial charge in [-0.15, -0.1) is 23.1 Å². The Morgan fingerprint density at radius 1 is 1.41 bits per heavy atom. The lowest BCUT2D eigenvalue weighted by molar-refractivity contribution is 0.0697. The van der Waals surface area contributed by atoms with Crippen molar-refractivity contribution in [3.63, 3.8) is 0 Å². The number of carbonyl (C=O) groups is 1. The van der Waals surface area contributed by atoms with Gasteiger partial charge in [0.2, 0.25) is 0 Å². The van der Waals surface area contributed by atoms with Crippen LogP contribution < -0.4 is 0 Å². The second kappa shape index (κ2) is 5.58. The molecule has 2 aromatic rings. The summed E-state index contributed by atoms with van der Waals surface area (Å²) in [6.07, 6.45) is 0. The van der Waals surface area contributed by atoms with Gasteiger partial charge in [0.25, 0.3) is 0 Å². The first kappa shape index (κ1) is 12.5. The van der Waals surface area contributed by atoms with Gasteiger partial charge >= 0.3 is 5.97 Å². The first-order chi connectivity index (χ1) is 8.16. The molecule has 0 saturated carbocycles. The Morgan fingerprint density at radius 3 is 2.82 bits per heavy atom. The highest BCUT2D eigenvalue weighted by Crippen LogP contribution is 2.30. The normalized spacial score (nSPS) is 10.4. The van der Waals surface area contributed by atoms with E-state index in [4.69, 9.17) is 16.7 Å². The Kier molecular flexibility index (Phi) is 4.10. The van der Waals surface area contributed by atoms with E-state index in [0.29, 0.717) is 5.02 Å². The molecule has 0 radical (unpaired) electrons. The van der Waals surface area contributed by atoms with Crippen molar-refractivity contribution in [2.24, 2.45) is 0 Å². The molecule has 0 fully saturated rings. The fourth-order valence-electron chi connectivity index (χ4n) is 1.29. The standard InChI is InChI=1S/C12H9ClO2S2/c13-10-6-8(12(14)15)3-4-9(10)7-17-11-2-1-5-16-11/h1-6H,7H2,(H,14,15). The molecule has 88 valence electrons. The summed E-state index contributed by atoms with van der Waals surface area (Å²) in [4.78, 5) is 10.7. The lowest BCUT2D eigenvalue weighted by atomic mass is 10.1. The molecule has 1 aromatic heterocycles. The summed E-state index contributed by atoms with van der Waals surface area (Å²) in [6, 6.07) is 8.90. The van der Waals surface area contributed by atoms with Gasteiger partial charge in [0.15, 0.2) is 0 Å². The molecule has 0 aliphatic heterocycles. The molecule has 0 saturated heterocycles. The summed E-state index contributed by atoms with van der Waals surface area (Å²) in [7, 11) is 0. The van der Waals surface area contributed by atoms with Crippen LogP contribution in [0.15, 0.2) is 39.9 Å². The van der Waals surface area contributed by atoms with Gasteiger partial charge in [0.05, 0.1) is 9.77 Å². The fourth-order valence-corrected chi connectivity index (χ4v) is 3.41. The van der Waals surface area contributed by atoms with Crippen molar-refractivity contribution in [3.05, 3.63) is 51.9 Å². The number of rotatable bonds is 4. The Balaban J connectivity index is 2.09. The largest absolute Gasteiger partial charge is 0.478 e. The van der Waals surface area contributed by atoms with Crippen molar-refractivity contribution in [2.45, 2.75) is 9.96 Å². The highest BCUT2D eigenvalue weighted by molar-refractivity contribution is 8.00. The number of carboxylic acid groups (broad SMARTS) is 1. The third-order valence-corrected chi connectivity index (χ3v) is 4.70. The zero-order valence-corrected chi connectivity index (χ0v) is 11.1. The van der Waals surface area contributed by atoms with Crippen molar-refractivity contribution in [1.82, 2.24) is 0 Å². The molecule has 0 unspecified atom stereocenters. The SMILES string of the molecule is O=C(O)c1ccc(CSc2cccs2)c(Cl)c1. The van der Waals surface area contributed by atoms with Crippen LogP contribution in [0, 0.1) is 0 Å². The minimum Gasteiger partial charge on any atom is -0.478 e. The number of halogens is 1. The van der Waals surface area contributed by atoms with Crippen molar-refractivity contribution >= 4 is 40.7 Å². The monoisotopic (exact) mass is 284 g/mol. The molecule has 0 bridgehead atoms. The van der Waals surface area contributed by atoms with Gasteiger partial charge in [-0.3, -0.25) is 0 Å². The highest BCUT2D eigenvalue weighted by atomic mass is 35.5. The predicted molar refractivity (Wildman–Crippen MR) is 72.3 cm³/mol. The van der Waals surface area contributed by atoms with Gasteiger partial charge in [0.1, 0.15) is 0 Å². The Labute approximate surface area is 112 Å². The Bertz CT molecular complexity index is 523. The topological polar surface area (TPSA) is 37.3 Å². The molecule has 1 N–H and O–H groups in total. The molecule has 1 aromatic carbocycles. The molecule has 2 rings (SSSR count). The summed E-state index contributed by atoms with van der Waals surface area (Å²) in [5, 5.41) is 11.4. The number of carboxylic acids is 1. The molecule has 17 heavy (non-hydrogen) atoms. The molecular formula is C12H9ClO2S2. The Hall–Kier alpha value is -0.970. The third kappa shape index (κ3) is 3.25. The molecule has 5 heteroatoms. The molecule has 0 atom stereocenters. The number of thioether (sulfide) groups is 1. The average molecular weight is 285 g/mol. The van der Waals surface area contributed by atoms with Crippen molar-refractivity contribution in [2.75, 3.05) is 0 Å². The summed E-state index contributed by atoms with van der Waals surface area (Å²) in [5.41, 5.74) is 1.18. The second-order valence-corrected chi connectivity index (χ2v) is 5.96. The fraction of sp³-hybridized carbons (Fsp3) is 0.0833. The minimum absolute atomic E-state index is 0.222. The van der Waals surface area contributed by atoms with E-state index in [1.165, 1.54) is 10.3 Å². The second-order valence-electron chi connectivity index (χ2n) is 3.33. The molecule has 2 nitrogen and oxygen atoms in total. The number of hydrogen-bond acceptors (Lipinski definition) is 3. The van der Waals surface area contributed by atoms with E-state index in [0.717, 1.165) is 11.3 Å². The Morgan fingerprint density at radius 2 is 2.24 bits per heavy atom. The summed E-state index contributed by atoms with van der Waals surface area (Å²) < 4.78 is 1.23. The molecular weight excluding hydrogens is 276 g/mol. The summed E-state index contributed by atoms with van der Waals surface area (Å²) in [5.74, 6) is -0.205. The first-order valence-electron chi connectivity index (χ1n) is 4.85. The van der Waals surface area contributed by atoms with E-state index >= 15 is 0 Å². The van der Waals surface area contributed by atoms with Crippen LogP contribution in [0.25, 0.3) is 0 Å². The van der Waals surface area contributed by atoms with Gasteiger partial charge < -0.3 is 5.11 Å². The van der Waals surface area contributed by atoms with E-state index in [1.807, 2.05) is 11.4 Å². The van der Waals surface area contributed by atoms with E-state index in [2.05, 4.69) is 6.07 Å². The molecule has 0 amide bonds. The van der Waals surface area contributed by atoms with E-state index in [-0.39, 0.29) is 5.56 Å². The highest BCUT2D eigenvalue weighted by Gasteiger charge is 2.07. The average Bonchev–Trinajstić information content (AvgIpc) is 2.80. The quantitative estimate of drug-likeness (QED) is 0.846. The number of benzene rings is 1. The zero-order chi connectivity index (χ0) is 12.3. The van der Waals surface area contributed by atoms with Crippen LogP contribution in [0.2, 0.25) is 5.02 Å². The van der Waals surface area contributed by atoms with Crippen LogP contribution in [0.4, 0.5) is 0 Å². The zero-order valence-electron chi connectivity index (χ0n) is 8.72. The maximum Gasteiger partial charge on any atom is 0.335 e. The van der Waals surface area contributed by atoms with E-state index < -0.39 is 5.97 Å². The van der Waals surface area contributed by atoms with Gasteiger partial charge in [-0.05, 0) is 29.1 Å². The van der Waals surface area contributed by atoms with Crippen LogP contribution >= 0.6 is 34.7 Å². The maximum atomic E-state index is 10.7. The van der Waals surface area contributed by atoms with Crippen LogP contribution in [0.3, 0.4) is 0 Å². The van der Waals surface area contributed by atoms with Crippen molar-refractivity contribution in [3.8, 4) is 0 Å². The van der Waals surface area contributed by atoms with E-state index in [1.54, 1.807) is 35.2 Å². The lowest BCUT2D eigenvalue weighted by Gasteiger charge is -2.04. The third-order valence-electron chi connectivity index (χ3n) is 2.17.